The maximum Gasteiger partial charge on any atom is 0.313 e. The molecule has 0 unspecified atom stereocenters. The second-order valence-corrected chi connectivity index (χ2v) is 4.77. The van der Waals surface area contributed by atoms with Crippen LogP contribution in [-0.4, -0.2) is 16.6 Å². The summed E-state index contributed by atoms with van der Waals surface area (Å²) >= 11 is 0. The van der Waals surface area contributed by atoms with Crippen LogP contribution >= 0.6 is 0 Å². The van der Waals surface area contributed by atoms with E-state index in [2.05, 4.69) is 0 Å². The van der Waals surface area contributed by atoms with Gasteiger partial charge in [0, 0.05) is 17.5 Å². The van der Waals surface area contributed by atoms with Crippen LogP contribution in [0.3, 0.4) is 0 Å². The molecular formula is C12H15FN2O3. The van der Waals surface area contributed by atoms with Crippen LogP contribution in [0.25, 0.3) is 0 Å². The Hall–Kier alpha value is -1.69. The summed E-state index contributed by atoms with van der Waals surface area (Å²) in [5, 5.41) is 20.8. The van der Waals surface area contributed by atoms with Crippen LogP contribution in [-0.2, 0) is 5.41 Å². The molecule has 1 aliphatic carbocycles. The van der Waals surface area contributed by atoms with E-state index in [9.17, 15) is 19.6 Å². The minimum atomic E-state index is -0.777. The number of aromatic hydroxyl groups is 1. The Bertz CT molecular complexity index is 484. The van der Waals surface area contributed by atoms with Crippen molar-refractivity contribution in [1.82, 2.24) is 0 Å². The zero-order chi connectivity index (χ0) is 13.3. The molecule has 2 rings (SSSR count). The molecule has 1 aliphatic rings. The van der Waals surface area contributed by atoms with Crippen LogP contribution in [0.2, 0.25) is 0 Å². The van der Waals surface area contributed by atoms with Crippen molar-refractivity contribution in [1.29, 1.82) is 0 Å². The summed E-state index contributed by atoms with van der Waals surface area (Å²) in [6, 6.07) is 1.90. The smallest absolute Gasteiger partial charge is 0.313 e. The third kappa shape index (κ3) is 1.92. The number of hydrogen-bond acceptors (Lipinski definition) is 4. The summed E-state index contributed by atoms with van der Waals surface area (Å²) in [5.74, 6) is -1.16. The number of halogens is 1. The molecule has 1 saturated carbocycles. The molecule has 0 atom stereocenters. The second kappa shape index (κ2) is 4.53. The van der Waals surface area contributed by atoms with E-state index in [0.717, 1.165) is 31.7 Å². The number of nitro groups is 1. The van der Waals surface area contributed by atoms with Crippen LogP contribution in [0.5, 0.6) is 5.75 Å². The maximum atomic E-state index is 13.5. The van der Waals surface area contributed by atoms with Gasteiger partial charge in [0.1, 0.15) is 5.82 Å². The number of nitrogens with two attached hydrogens (primary N) is 1. The summed E-state index contributed by atoms with van der Waals surface area (Å²) in [6.07, 6.45) is 3.30. The van der Waals surface area contributed by atoms with Gasteiger partial charge >= 0.3 is 5.69 Å². The van der Waals surface area contributed by atoms with Gasteiger partial charge in [-0.15, -0.1) is 0 Å². The fraction of sp³-hybridized carbons (Fsp3) is 0.500. The number of hydrogen-bond donors (Lipinski definition) is 2. The van der Waals surface area contributed by atoms with Gasteiger partial charge in [0.25, 0.3) is 0 Å². The van der Waals surface area contributed by atoms with E-state index in [1.807, 2.05) is 0 Å². The largest absolute Gasteiger partial charge is 0.502 e. The Labute approximate surface area is 104 Å². The van der Waals surface area contributed by atoms with Crippen molar-refractivity contribution >= 4 is 5.69 Å². The Balaban J connectivity index is 2.59. The summed E-state index contributed by atoms with van der Waals surface area (Å²) in [4.78, 5) is 10.0. The van der Waals surface area contributed by atoms with Crippen molar-refractivity contribution < 1.29 is 14.4 Å². The molecule has 0 heterocycles. The molecule has 0 bridgehead atoms. The van der Waals surface area contributed by atoms with E-state index in [0.29, 0.717) is 0 Å². The van der Waals surface area contributed by atoms with Gasteiger partial charge in [-0.05, 0) is 18.9 Å². The molecule has 3 N–H and O–H groups in total. The first-order valence-electron chi connectivity index (χ1n) is 5.87. The van der Waals surface area contributed by atoms with E-state index in [1.54, 1.807) is 0 Å². The average Bonchev–Trinajstić information content (AvgIpc) is 2.81. The number of phenolic OH excluding ortho intramolecular Hbond substituents is 1. The van der Waals surface area contributed by atoms with Crippen molar-refractivity contribution in [3.63, 3.8) is 0 Å². The lowest BCUT2D eigenvalue weighted by atomic mass is 9.78. The first-order valence-corrected chi connectivity index (χ1v) is 5.87. The lowest BCUT2D eigenvalue weighted by molar-refractivity contribution is -0.386. The Morgan fingerprint density at radius 3 is 2.56 bits per heavy atom. The van der Waals surface area contributed by atoms with Gasteiger partial charge in [0.05, 0.1) is 11.0 Å². The fourth-order valence-electron chi connectivity index (χ4n) is 2.76. The SMILES string of the molecule is NCC1(c2cc(F)cc([N+](=O)[O-])c2O)CCCC1. The van der Waals surface area contributed by atoms with Gasteiger partial charge in [0.15, 0.2) is 5.75 Å². The summed E-state index contributed by atoms with van der Waals surface area (Å²) in [5.41, 5.74) is 4.89. The molecule has 0 amide bonds. The number of benzene rings is 1. The quantitative estimate of drug-likeness (QED) is 0.639. The minimum Gasteiger partial charge on any atom is -0.502 e. The standard InChI is InChI=1S/C12H15FN2O3/c13-8-5-9(11(16)10(6-8)15(17)18)12(7-14)3-1-2-4-12/h5-6,16H,1-4,7,14H2. The van der Waals surface area contributed by atoms with Crippen molar-refractivity contribution in [3.8, 4) is 5.75 Å². The third-order valence-corrected chi connectivity index (χ3v) is 3.77. The number of nitrogens with zero attached hydrogens (tertiary/aromatic N) is 1. The Morgan fingerprint density at radius 2 is 2.06 bits per heavy atom. The minimum absolute atomic E-state index is 0.251. The second-order valence-electron chi connectivity index (χ2n) is 4.77. The zero-order valence-corrected chi connectivity index (χ0v) is 9.86. The van der Waals surface area contributed by atoms with Crippen molar-refractivity contribution in [3.05, 3.63) is 33.6 Å². The molecular weight excluding hydrogens is 239 g/mol. The van der Waals surface area contributed by atoms with Gasteiger partial charge in [-0.3, -0.25) is 10.1 Å². The van der Waals surface area contributed by atoms with Gasteiger partial charge in [-0.1, -0.05) is 12.8 Å². The summed E-state index contributed by atoms with van der Waals surface area (Å²) in [6.45, 7) is 0.251. The van der Waals surface area contributed by atoms with Crippen LogP contribution in [0.15, 0.2) is 12.1 Å². The first-order chi connectivity index (χ1) is 8.50. The molecule has 0 radical (unpaired) electrons. The van der Waals surface area contributed by atoms with Crippen LogP contribution < -0.4 is 5.73 Å². The van der Waals surface area contributed by atoms with Gasteiger partial charge in [-0.25, -0.2) is 4.39 Å². The molecule has 1 aromatic rings. The van der Waals surface area contributed by atoms with Crippen molar-refractivity contribution in [2.24, 2.45) is 5.73 Å². The third-order valence-electron chi connectivity index (χ3n) is 3.77. The highest BCUT2D eigenvalue weighted by molar-refractivity contribution is 5.54. The molecule has 0 saturated heterocycles. The van der Waals surface area contributed by atoms with Gasteiger partial charge in [0.2, 0.25) is 0 Å². The van der Waals surface area contributed by atoms with E-state index < -0.39 is 27.6 Å². The van der Waals surface area contributed by atoms with Crippen molar-refractivity contribution in [2.45, 2.75) is 31.1 Å². The molecule has 6 heteroatoms. The maximum absolute atomic E-state index is 13.5. The normalized spacial score (nSPS) is 17.9. The molecule has 98 valence electrons. The Kier molecular flexibility index (Phi) is 3.21. The number of phenols is 1. The van der Waals surface area contributed by atoms with Crippen LogP contribution in [0.4, 0.5) is 10.1 Å². The van der Waals surface area contributed by atoms with Crippen molar-refractivity contribution in [2.75, 3.05) is 6.54 Å². The summed E-state index contributed by atoms with van der Waals surface area (Å²) in [7, 11) is 0. The predicted molar refractivity (Wildman–Crippen MR) is 63.9 cm³/mol. The van der Waals surface area contributed by atoms with E-state index in [1.165, 1.54) is 6.07 Å². The lowest BCUT2D eigenvalue weighted by Crippen LogP contribution is -2.32. The van der Waals surface area contributed by atoms with Gasteiger partial charge < -0.3 is 10.8 Å². The molecule has 5 nitrogen and oxygen atoms in total. The highest BCUT2D eigenvalue weighted by atomic mass is 19.1. The zero-order valence-electron chi connectivity index (χ0n) is 9.86. The molecule has 0 aromatic heterocycles. The monoisotopic (exact) mass is 254 g/mol. The molecule has 1 aromatic carbocycles. The number of nitro benzene ring substituents is 1. The molecule has 0 aliphatic heterocycles. The van der Waals surface area contributed by atoms with E-state index in [-0.39, 0.29) is 12.1 Å². The van der Waals surface area contributed by atoms with Crippen LogP contribution in [0.1, 0.15) is 31.2 Å². The topological polar surface area (TPSA) is 89.4 Å². The average molecular weight is 254 g/mol. The summed E-state index contributed by atoms with van der Waals surface area (Å²) < 4.78 is 13.5. The first kappa shape index (κ1) is 12.8. The highest BCUT2D eigenvalue weighted by Gasteiger charge is 2.39. The lowest BCUT2D eigenvalue weighted by Gasteiger charge is -2.28. The highest BCUT2D eigenvalue weighted by Crippen LogP contribution is 2.46. The van der Waals surface area contributed by atoms with Crippen LogP contribution in [0, 0.1) is 15.9 Å². The van der Waals surface area contributed by atoms with Gasteiger partial charge in [-0.2, -0.15) is 0 Å². The molecule has 0 spiro atoms. The number of rotatable bonds is 3. The van der Waals surface area contributed by atoms with E-state index in [4.69, 9.17) is 5.73 Å². The predicted octanol–water partition coefficient (Wildman–Crippen LogP) is 2.21. The molecule has 18 heavy (non-hydrogen) atoms. The molecule has 1 fully saturated rings. The fourth-order valence-corrected chi connectivity index (χ4v) is 2.76. The Morgan fingerprint density at radius 1 is 1.44 bits per heavy atom. The van der Waals surface area contributed by atoms with E-state index >= 15 is 0 Å².